The number of carbonyl (C=O) groups excluding carboxylic acids is 1. The first kappa shape index (κ1) is 15.6. The van der Waals surface area contributed by atoms with Gasteiger partial charge in [0, 0.05) is 0 Å². The van der Waals surface area contributed by atoms with Crippen LogP contribution in [-0.2, 0) is 4.74 Å². The Bertz CT molecular complexity index is 543. The van der Waals surface area contributed by atoms with Gasteiger partial charge in [-0.1, -0.05) is 26.8 Å². The van der Waals surface area contributed by atoms with Crippen LogP contribution >= 0.6 is 0 Å². The lowest BCUT2D eigenvalue weighted by Crippen LogP contribution is -2.30. The van der Waals surface area contributed by atoms with Crippen molar-refractivity contribution in [3.63, 3.8) is 0 Å². The van der Waals surface area contributed by atoms with Gasteiger partial charge in [-0.05, 0) is 55.2 Å². The van der Waals surface area contributed by atoms with Crippen molar-refractivity contribution in [2.24, 2.45) is 11.3 Å². The largest absolute Gasteiger partial charge is 0.459 e. The first-order valence-corrected chi connectivity index (χ1v) is 7.61. The summed E-state index contributed by atoms with van der Waals surface area (Å²) in [5.41, 5.74) is 1.28. The zero-order chi connectivity index (χ0) is 15.5. The molecule has 0 aliphatic heterocycles. The summed E-state index contributed by atoms with van der Waals surface area (Å²) in [7, 11) is 0. The average Bonchev–Trinajstić information content (AvgIpc) is 2.47. The van der Waals surface area contributed by atoms with Gasteiger partial charge in [0.2, 0.25) is 0 Å². The molecule has 112 valence electrons. The SMILES string of the molecule is CC(C)(C)C1CCC(OC(=O)c2cccc(C#N)c2)CC1. The number of nitrogens with zero attached hydrogens (tertiary/aromatic N) is 1. The van der Waals surface area contributed by atoms with Gasteiger partial charge < -0.3 is 4.74 Å². The van der Waals surface area contributed by atoms with Crippen LogP contribution in [-0.4, -0.2) is 12.1 Å². The fourth-order valence-electron chi connectivity index (χ4n) is 2.98. The minimum absolute atomic E-state index is 0.0156. The molecule has 2 rings (SSSR count). The van der Waals surface area contributed by atoms with Crippen molar-refractivity contribution >= 4 is 5.97 Å². The Morgan fingerprint density at radius 1 is 1.24 bits per heavy atom. The highest BCUT2D eigenvalue weighted by Crippen LogP contribution is 2.38. The lowest BCUT2D eigenvalue weighted by atomic mass is 9.72. The third-order valence-corrected chi connectivity index (χ3v) is 4.40. The van der Waals surface area contributed by atoms with Crippen LogP contribution in [0, 0.1) is 22.7 Å². The number of carbonyl (C=O) groups is 1. The molecule has 0 N–H and O–H groups in total. The van der Waals surface area contributed by atoms with Crippen LogP contribution < -0.4 is 0 Å². The molecule has 0 bridgehead atoms. The van der Waals surface area contributed by atoms with E-state index >= 15 is 0 Å². The minimum atomic E-state index is -0.314. The molecule has 0 atom stereocenters. The van der Waals surface area contributed by atoms with Gasteiger partial charge in [-0.25, -0.2) is 4.79 Å². The zero-order valence-electron chi connectivity index (χ0n) is 13.1. The second-order valence-electron chi connectivity index (χ2n) is 6.94. The van der Waals surface area contributed by atoms with Crippen LogP contribution in [0.4, 0.5) is 0 Å². The lowest BCUT2D eigenvalue weighted by Gasteiger charge is -2.36. The number of hydrogen-bond acceptors (Lipinski definition) is 3. The fraction of sp³-hybridized carbons (Fsp3) is 0.556. The van der Waals surface area contributed by atoms with E-state index in [1.54, 1.807) is 24.3 Å². The minimum Gasteiger partial charge on any atom is -0.459 e. The summed E-state index contributed by atoms with van der Waals surface area (Å²) in [5, 5.41) is 8.87. The molecule has 1 aliphatic carbocycles. The number of rotatable bonds is 2. The second-order valence-corrected chi connectivity index (χ2v) is 6.94. The average molecular weight is 285 g/mol. The van der Waals surface area contributed by atoms with Gasteiger partial charge in [-0.3, -0.25) is 0 Å². The molecule has 0 amide bonds. The normalized spacial score (nSPS) is 22.4. The van der Waals surface area contributed by atoms with E-state index in [0.717, 1.165) is 25.7 Å². The molecule has 1 aromatic carbocycles. The molecule has 1 fully saturated rings. The van der Waals surface area contributed by atoms with Gasteiger partial charge in [0.25, 0.3) is 0 Å². The van der Waals surface area contributed by atoms with Crippen LogP contribution in [0.25, 0.3) is 0 Å². The molecule has 0 saturated heterocycles. The van der Waals surface area contributed by atoms with Gasteiger partial charge in [0.05, 0.1) is 17.2 Å². The summed E-state index contributed by atoms with van der Waals surface area (Å²) in [6, 6.07) is 8.73. The van der Waals surface area contributed by atoms with Crippen LogP contribution in [0.5, 0.6) is 0 Å². The van der Waals surface area contributed by atoms with Crippen LogP contribution in [0.2, 0.25) is 0 Å². The fourth-order valence-corrected chi connectivity index (χ4v) is 2.98. The van der Waals surface area contributed by atoms with Crippen molar-refractivity contribution in [3.05, 3.63) is 35.4 Å². The van der Waals surface area contributed by atoms with Crippen molar-refractivity contribution in [3.8, 4) is 6.07 Å². The third-order valence-electron chi connectivity index (χ3n) is 4.40. The number of ether oxygens (including phenoxy) is 1. The molecule has 0 radical (unpaired) electrons. The summed E-state index contributed by atoms with van der Waals surface area (Å²) in [4.78, 5) is 12.1. The summed E-state index contributed by atoms with van der Waals surface area (Å²) in [6.45, 7) is 6.83. The molecule has 1 saturated carbocycles. The van der Waals surface area contributed by atoms with E-state index in [1.807, 2.05) is 6.07 Å². The lowest BCUT2D eigenvalue weighted by molar-refractivity contribution is 0.00929. The van der Waals surface area contributed by atoms with Crippen LogP contribution in [0.1, 0.15) is 62.4 Å². The maximum atomic E-state index is 12.1. The van der Waals surface area contributed by atoms with Crippen LogP contribution in [0.3, 0.4) is 0 Å². The molecule has 0 aromatic heterocycles. The number of benzene rings is 1. The van der Waals surface area contributed by atoms with Crippen molar-refractivity contribution in [2.45, 2.75) is 52.6 Å². The standard InChI is InChI=1S/C18H23NO2/c1-18(2,3)15-7-9-16(10-8-15)21-17(20)14-6-4-5-13(11-14)12-19/h4-6,11,15-16H,7-10H2,1-3H3. The van der Waals surface area contributed by atoms with E-state index in [4.69, 9.17) is 10.00 Å². The molecule has 1 aliphatic rings. The smallest absolute Gasteiger partial charge is 0.338 e. The first-order valence-electron chi connectivity index (χ1n) is 7.61. The molecule has 3 nitrogen and oxygen atoms in total. The van der Waals surface area contributed by atoms with Crippen molar-refractivity contribution in [1.82, 2.24) is 0 Å². The molecule has 1 aromatic rings. The summed E-state index contributed by atoms with van der Waals surface area (Å²) in [6.07, 6.45) is 4.11. The highest BCUT2D eigenvalue weighted by Gasteiger charge is 2.31. The molecular weight excluding hydrogens is 262 g/mol. The van der Waals surface area contributed by atoms with E-state index in [9.17, 15) is 4.79 Å². The Hall–Kier alpha value is -1.82. The summed E-state index contributed by atoms with van der Waals surface area (Å²) >= 11 is 0. The Labute approximate surface area is 126 Å². The van der Waals surface area contributed by atoms with Crippen molar-refractivity contribution in [1.29, 1.82) is 5.26 Å². The maximum Gasteiger partial charge on any atom is 0.338 e. The zero-order valence-corrected chi connectivity index (χ0v) is 13.1. The molecule has 0 heterocycles. The van der Waals surface area contributed by atoms with Gasteiger partial charge in [0.1, 0.15) is 6.10 Å². The Balaban J connectivity index is 1.91. The predicted molar refractivity (Wildman–Crippen MR) is 81.8 cm³/mol. The first-order chi connectivity index (χ1) is 9.90. The van der Waals surface area contributed by atoms with E-state index in [-0.39, 0.29) is 12.1 Å². The predicted octanol–water partition coefficient (Wildman–Crippen LogP) is 4.32. The molecular formula is C18H23NO2. The van der Waals surface area contributed by atoms with Gasteiger partial charge >= 0.3 is 5.97 Å². The molecule has 0 unspecified atom stereocenters. The summed E-state index contributed by atoms with van der Waals surface area (Å²) < 4.78 is 5.59. The number of nitriles is 1. The van der Waals surface area contributed by atoms with E-state index in [0.29, 0.717) is 22.5 Å². The topological polar surface area (TPSA) is 50.1 Å². The van der Waals surface area contributed by atoms with Gasteiger partial charge in [-0.2, -0.15) is 5.26 Å². The van der Waals surface area contributed by atoms with Crippen molar-refractivity contribution < 1.29 is 9.53 Å². The number of hydrogen-bond donors (Lipinski definition) is 0. The Kier molecular flexibility index (Phi) is 4.67. The third kappa shape index (κ3) is 4.07. The van der Waals surface area contributed by atoms with Gasteiger partial charge in [0.15, 0.2) is 0 Å². The van der Waals surface area contributed by atoms with Gasteiger partial charge in [-0.15, -0.1) is 0 Å². The van der Waals surface area contributed by atoms with E-state index in [1.165, 1.54) is 0 Å². The quantitative estimate of drug-likeness (QED) is 0.760. The Morgan fingerprint density at radius 3 is 2.48 bits per heavy atom. The van der Waals surface area contributed by atoms with Crippen LogP contribution in [0.15, 0.2) is 24.3 Å². The van der Waals surface area contributed by atoms with E-state index in [2.05, 4.69) is 20.8 Å². The van der Waals surface area contributed by atoms with E-state index < -0.39 is 0 Å². The highest BCUT2D eigenvalue weighted by molar-refractivity contribution is 5.89. The highest BCUT2D eigenvalue weighted by atomic mass is 16.5. The maximum absolute atomic E-state index is 12.1. The van der Waals surface area contributed by atoms with Crippen molar-refractivity contribution in [2.75, 3.05) is 0 Å². The molecule has 0 spiro atoms. The Morgan fingerprint density at radius 2 is 1.90 bits per heavy atom. The molecule has 21 heavy (non-hydrogen) atoms. The number of esters is 1. The monoisotopic (exact) mass is 285 g/mol. The second kappa shape index (κ2) is 6.30. The summed E-state index contributed by atoms with van der Waals surface area (Å²) in [5.74, 6) is 0.390. The molecule has 3 heteroatoms.